The van der Waals surface area contributed by atoms with Crippen molar-refractivity contribution in [2.24, 2.45) is 11.3 Å². The number of nitrogens with one attached hydrogen (secondary N) is 2. The second kappa shape index (κ2) is 5.47. The summed E-state index contributed by atoms with van der Waals surface area (Å²) in [4.78, 5) is 11.9. The van der Waals surface area contributed by atoms with Crippen LogP contribution in [-0.4, -0.2) is 5.91 Å². The van der Waals surface area contributed by atoms with E-state index in [2.05, 4.69) is 37.7 Å². The maximum Gasteiger partial charge on any atom is 0.269 e. The van der Waals surface area contributed by atoms with Crippen molar-refractivity contribution in [1.82, 2.24) is 10.9 Å². The van der Waals surface area contributed by atoms with Crippen LogP contribution >= 0.6 is 0 Å². The van der Waals surface area contributed by atoms with Crippen LogP contribution in [0.3, 0.4) is 0 Å². The van der Waals surface area contributed by atoms with Crippen LogP contribution in [0.15, 0.2) is 42.1 Å². The Morgan fingerprint density at radius 1 is 1.26 bits per heavy atom. The van der Waals surface area contributed by atoms with Crippen molar-refractivity contribution in [3.63, 3.8) is 0 Å². The Kier molecular flexibility index (Phi) is 3.93. The van der Waals surface area contributed by atoms with Crippen molar-refractivity contribution in [1.29, 1.82) is 0 Å². The minimum atomic E-state index is -0.0995. The topological polar surface area (TPSA) is 41.1 Å². The SMILES string of the molecule is C[C@H]1CC(NNC(=O)c2ccccc2)=CC(C)(C)C1. The molecule has 102 valence electrons. The summed E-state index contributed by atoms with van der Waals surface area (Å²) in [6, 6.07) is 9.23. The molecule has 2 rings (SSSR count). The molecule has 0 bridgehead atoms. The molecule has 0 fully saturated rings. The number of benzene rings is 1. The van der Waals surface area contributed by atoms with Crippen LogP contribution in [0.25, 0.3) is 0 Å². The van der Waals surface area contributed by atoms with Crippen LogP contribution in [0.2, 0.25) is 0 Å². The molecule has 1 atom stereocenters. The lowest BCUT2D eigenvalue weighted by Gasteiger charge is -2.32. The fraction of sp³-hybridized carbons (Fsp3) is 0.438. The van der Waals surface area contributed by atoms with Crippen LogP contribution in [0.1, 0.15) is 44.0 Å². The van der Waals surface area contributed by atoms with Crippen molar-refractivity contribution in [2.45, 2.75) is 33.6 Å². The van der Waals surface area contributed by atoms with Gasteiger partial charge in [0.1, 0.15) is 0 Å². The number of hydrazine groups is 1. The molecular formula is C16H22N2O. The van der Waals surface area contributed by atoms with Gasteiger partial charge in [-0.1, -0.05) is 45.0 Å². The van der Waals surface area contributed by atoms with Gasteiger partial charge in [0.25, 0.3) is 5.91 Å². The van der Waals surface area contributed by atoms with E-state index in [1.807, 2.05) is 18.2 Å². The molecule has 0 heterocycles. The molecule has 0 aliphatic heterocycles. The Balaban J connectivity index is 1.96. The highest BCUT2D eigenvalue weighted by molar-refractivity contribution is 5.93. The van der Waals surface area contributed by atoms with Crippen LogP contribution in [0.4, 0.5) is 0 Å². The quantitative estimate of drug-likeness (QED) is 0.817. The molecule has 0 saturated heterocycles. The van der Waals surface area contributed by atoms with Crippen LogP contribution in [0, 0.1) is 11.3 Å². The van der Waals surface area contributed by atoms with E-state index in [1.54, 1.807) is 12.1 Å². The summed E-state index contributed by atoms with van der Waals surface area (Å²) < 4.78 is 0. The van der Waals surface area contributed by atoms with Crippen molar-refractivity contribution in [3.05, 3.63) is 47.7 Å². The largest absolute Gasteiger partial charge is 0.303 e. The summed E-state index contributed by atoms with van der Waals surface area (Å²) in [6.45, 7) is 6.70. The summed E-state index contributed by atoms with van der Waals surface area (Å²) in [5, 5.41) is 0. The monoisotopic (exact) mass is 258 g/mol. The molecule has 1 aliphatic rings. The molecule has 0 spiro atoms. The first-order valence-corrected chi connectivity index (χ1v) is 6.79. The number of rotatable bonds is 3. The summed E-state index contributed by atoms with van der Waals surface area (Å²) in [5.41, 5.74) is 7.80. The van der Waals surface area contributed by atoms with Crippen LogP contribution < -0.4 is 10.9 Å². The summed E-state index contributed by atoms with van der Waals surface area (Å²) in [7, 11) is 0. The second-order valence-corrected chi connectivity index (χ2v) is 6.12. The van der Waals surface area contributed by atoms with Gasteiger partial charge in [0.05, 0.1) is 0 Å². The van der Waals surface area contributed by atoms with E-state index in [1.165, 1.54) is 6.42 Å². The fourth-order valence-corrected chi connectivity index (χ4v) is 2.82. The van der Waals surface area contributed by atoms with E-state index in [-0.39, 0.29) is 11.3 Å². The fourth-order valence-electron chi connectivity index (χ4n) is 2.82. The van der Waals surface area contributed by atoms with Gasteiger partial charge in [0.2, 0.25) is 0 Å². The third kappa shape index (κ3) is 3.85. The molecule has 0 saturated carbocycles. The highest BCUT2D eigenvalue weighted by Gasteiger charge is 2.25. The lowest BCUT2D eigenvalue weighted by Crippen LogP contribution is -2.39. The van der Waals surface area contributed by atoms with E-state index < -0.39 is 0 Å². The number of carbonyl (C=O) groups excluding carboxylic acids is 1. The van der Waals surface area contributed by atoms with Gasteiger partial charge in [-0.15, -0.1) is 0 Å². The van der Waals surface area contributed by atoms with Gasteiger partial charge in [-0.2, -0.15) is 0 Å². The summed E-state index contributed by atoms with van der Waals surface area (Å²) in [5.74, 6) is 0.536. The van der Waals surface area contributed by atoms with Gasteiger partial charge >= 0.3 is 0 Å². The van der Waals surface area contributed by atoms with Gasteiger partial charge in [-0.25, -0.2) is 0 Å². The third-order valence-electron chi connectivity index (χ3n) is 3.38. The Morgan fingerprint density at radius 2 is 1.95 bits per heavy atom. The average Bonchev–Trinajstić information content (AvgIpc) is 2.34. The highest BCUT2D eigenvalue weighted by atomic mass is 16.2. The van der Waals surface area contributed by atoms with E-state index in [0.717, 1.165) is 12.1 Å². The number of hydrogen-bond donors (Lipinski definition) is 2. The predicted molar refractivity (Wildman–Crippen MR) is 77.3 cm³/mol. The Morgan fingerprint density at radius 3 is 2.58 bits per heavy atom. The van der Waals surface area contributed by atoms with Crippen molar-refractivity contribution in [2.75, 3.05) is 0 Å². The van der Waals surface area contributed by atoms with E-state index >= 15 is 0 Å². The maximum absolute atomic E-state index is 11.9. The van der Waals surface area contributed by atoms with E-state index in [0.29, 0.717) is 11.5 Å². The Hall–Kier alpha value is -1.77. The zero-order chi connectivity index (χ0) is 13.9. The second-order valence-electron chi connectivity index (χ2n) is 6.12. The first-order valence-electron chi connectivity index (χ1n) is 6.79. The molecule has 1 aliphatic carbocycles. The standard InChI is InChI=1S/C16H22N2O/c1-12-9-14(11-16(2,3)10-12)17-18-15(19)13-7-5-4-6-8-13/h4-8,11-12,17H,9-10H2,1-3H3,(H,18,19)/t12-/m0/s1. The number of hydrogen-bond acceptors (Lipinski definition) is 2. The summed E-state index contributed by atoms with van der Waals surface area (Å²) in [6.07, 6.45) is 4.39. The van der Waals surface area contributed by atoms with E-state index in [4.69, 9.17) is 0 Å². The molecular weight excluding hydrogens is 236 g/mol. The van der Waals surface area contributed by atoms with Gasteiger partial charge in [0.15, 0.2) is 0 Å². The smallest absolute Gasteiger partial charge is 0.269 e. The average molecular weight is 258 g/mol. The molecule has 3 nitrogen and oxygen atoms in total. The normalized spacial score (nSPS) is 21.4. The molecule has 1 amide bonds. The third-order valence-corrected chi connectivity index (χ3v) is 3.38. The number of amides is 1. The first kappa shape index (κ1) is 13.7. The molecule has 0 aromatic heterocycles. The van der Waals surface area contributed by atoms with Gasteiger partial charge in [0, 0.05) is 11.3 Å². The number of carbonyl (C=O) groups is 1. The van der Waals surface area contributed by atoms with Gasteiger partial charge in [-0.3, -0.25) is 10.2 Å². The van der Waals surface area contributed by atoms with Gasteiger partial charge in [-0.05, 0) is 36.3 Å². The molecule has 0 radical (unpaired) electrons. The minimum absolute atomic E-state index is 0.0995. The van der Waals surface area contributed by atoms with Gasteiger partial charge < -0.3 is 5.43 Å². The molecule has 1 aromatic rings. The van der Waals surface area contributed by atoms with Crippen molar-refractivity contribution < 1.29 is 4.79 Å². The Bertz CT molecular complexity index is 477. The van der Waals surface area contributed by atoms with Crippen molar-refractivity contribution in [3.8, 4) is 0 Å². The molecule has 3 heteroatoms. The molecule has 19 heavy (non-hydrogen) atoms. The predicted octanol–water partition coefficient (Wildman–Crippen LogP) is 3.26. The summed E-state index contributed by atoms with van der Waals surface area (Å²) >= 11 is 0. The van der Waals surface area contributed by atoms with E-state index in [9.17, 15) is 4.79 Å². The molecule has 2 N–H and O–H groups in total. The van der Waals surface area contributed by atoms with Crippen LogP contribution in [-0.2, 0) is 0 Å². The zero-order valence-electron chi connectivity index (χ0n) is 11.9. The number of allylic oxidation sites excluding steroid dienone is 2. The van der Waals surface area contributed by atoms with Crippen LogP contribution in [0.5, 0.6) is 0 Å². The minimum Gasteiger partial charge on any atom is -0.303 e. The molecule has 1 aromatic carbocycles. The lowest BCUT2D eigenvalue weighted by molar-refractivity contribution is 0.0936. The Labute approximate surface area is 115 Å². The molecule has 0 unspecified atom stereocenters. The van der Waals surface area contributed by atoms with Crippen molar-refractivity contribution >= 4 is 5.91 Å². The zero-order valence-corrected chi connectivity index (χ0v) is 11.9. The highest BCUT2D eigenvalue weighted by Crippen LogP contribution is 2.35. The maximum atomic E-state index is 11.9. The lowest BCUT2D eigenvalue weighted by atomic mass is 9.76. The first-order chi connectivity index (χ1) is 8.96.